The zero-order valence-corrected chi connectivity index (χ0v) is 11.0. The molecular formula is C11H14F3NO3S. The topological polar surface area (TPSA) is 58.6 Å². The minimum Gasteiger partial charge on any atom is -0.383 e. The molecule has 1 atom stereocenters. The highest BCUT2D eigenvalue weighted by molar-refractivity contribution is 7.10. The number of halogens is 3. The Kier molecular flexibility index (Phi) is 5.33. The average molecular weight is 297 g/mol. The molecule has 0 spiro atoms. The number of hydrogen-bond acceptors (Lipinski definition) is 4. The highest BCUT2D eigenvalue weighted by Crippen LogP contribution is 2.24. The molecule has 1 amide bonds. The average Bonchev–Trinajstić information content (AvgIpc) is 2.78. The van der Waals surface area contributed by atoms with E-state index in [-0.39, 0.29) is 6.54 Å². The fraction of sp³-hybridized carbons (Fsp3) is 0.545. The van der Waals surface area contributed by atoms with Gasteiger partial charge in [0.1, 0.15) is 18.8 Å². The standard InChI is InChI=1S/C11H14F3NO3S/c1-10(17,8-3-2-4-19-8)6-15-9(16)5-18-7-11(12,13)14/h2-4,17H,5-7H2,1H3,(H,15,16). The molecule has 4 nitrogen and oxygen atoms in total. The number of alkyl halides is 3. The minimum absolute atomic E-state index is 0.0955. The molecule has 0 aliphatic rings. The SMILES string of the molecule is CC(O)(CNC(=O)COCC(F)(F)F)c1cccs1. The molecule has 0 saturated carbocycles. The van der Waals surface area contributed by atoms with E-state index < -0.39 is 30.9 Å². The van der Waals surface area contributed by atoms with Gasteiger partial charge in [-0.1, -0.05) is 6.07 Å². The highest BCUT2D eigenvalue weighted by atomic mass is 32.1. The largest absolute Gasteiger partial charge is 0.411 e. The molecule has 2 N–H and O–H groups in total. The molecule has 19 heavy (non-hydrogen) atoms. The van der Waals surface area contributed by atoms with Gasteiger partial charge in [0.25, 0.3) is 0 Å². The predicted octanol–water partition coefficient (Wildman–Crippen LogP) is 1.65. The van der Waals surface area contributed by atoms with Gasteiger partial charge in [0.2, 0.25) is 5.91 Å². The maximum absolute atomic E-state index is 11.8. The molecule has 1 heterocycles. The van der Waals surface area contributed by atoms with Gasteiger partial charge in [-0.05, 0) is 18.4 Å². The second-order valence-corrected chi connectivity index (χ2v) is 5.08. The van der Waals surface area contributed by atoms with Crippen LogP contribution in [0.1, 0.15) is 11.8 Å². The lowest BCUT2D eigenvalue weighted by molar-refractivity contribution is -0.175. The van der Waals surface area contributed by atoms with Crippen LogP contribution < -0.4 is 5.32 Å². The van der Waals surface area contributed by atoms with E-state index in [1.807, 2.05) is 0 Å². The quantitative estimate of drug-likeness (QED) is 0.839. The van der Waals surface area contributed by atoms with Crippen LogP contribution in [0.25, 0.3) is 0 Å². The zero-order valence-electron chi connectivity index (χ0n) is 10.2. The molecule has 0 aliphatic heterocycles. The third-order valence-electron chi connectivity index (χ3n) is 2.18. The molecule has 1 aromatic rings. The second kappa shape index (κ2) is 6.36. The Hall–Kier alpha value is -1.12. The van der Waals surface area contributed by atoms with Crippen molar-refractivity contribution in [1.82, 2.24) is 5.32 Å². The first-order valence-corrected chi connectivity index (χ1v) is 6.26. The molecule has 0 fully saturated rings. The van der Waals surface area contributed by atoms with Crippen molar-refractivity contribution in [2.45, 2.75) is 18.7 Å². The summed E-state index contributed by atoms with van der Waals surface area (Å²) in [7, 11) is 0. The van der Waals surface area contributed by atoms with Crippen molar-refractivity contribution < 1.29 is 27.8 Å². The predicted molar refractivity (Wildman–Crippen MR) is 63.8 cm³/mol. The third-order valence-corrected chi connectivity index (χ3v) is 3.30. The lowest BCUT2D eigenvalue weighted by atomic mass is 10.1. The Morgan fingerprint density at radius 2 is 2.21 bits per heavy atom. The number of nitrogens with one attached hydrogen (secondary N) is 1. The van der Waals surface area contributed by atoms with Crippen LogP contribution in [0.2, 0.25) is 0 Å². The monoisotopic (exact) mass is 297 g/mol. The number of rotatable bonds is 6. The number of hydrogen-bond donors (Lipinski definition) is 2. The molecule has 0 saturated heterocycles. The van der Waals surface area contributed by atoms with Crippen LogP contribution in [0.3, 0.4) is 0 Å². The molecule has 0 bridgehead atoms. The molecule has 1 unspecified atom stereocenters. The maximum Gasteiger partial charge on any atom is 0.411 e. The normalized spacial score (nSPS) is 15.0. The second-order valence-electron chi connectivity index (χ2n) is 4.14. The first-order chi connectivity index (χ1) is 8.71. The van der Waals surface area contributed by atoms with Crippen molar-refractivity contribution in [3.63, 3.8) is 0 Å². The lowest BCUT2D eigenvalue weighted by Crippen LogP contribution is -2.40. The van der Waals surface area contributed by atoms with E-state index in [0.717, 1.165) is 0 Å². The molecule has 108 valence electrons. The van der Waals surface area contributed by atoms with E-state index in [4.69, 9.17) is 0 Å². The fourth-order valence-electron chi connectivity index (χ4n) is 1.25. The van der Waals surface area contributed by atoms with Gasteiger partial charge >= 0.3 is 6.18 Å². The van der Waals surface area contributed by atoms with Gasteiger partial charge < -0.3 is 15.2 Å². The zero-order chi connectivity index (χ0) is 14.5. The van der Waals surface area contributed by atoms with Gasteiger partial charge in [-0.2, -0.15) is 13.2 Å². The number of thiophene rings is 1. The summed E-state index contributed by atoms with van der Waals surface area (Å²) in [6.45, 7) is -0.751. The summed E-state index contributed by atoms with van der Waals surface area (Å²) in [5.74, 6) is -0.707. The highest BCUT2D eigenvalue weighted by Gasteiger charge is 2.28. The number of amides is 1. The van der Waals surface area contributed by atoms with E-state index in [2.05, 4.69) is 10.1 Å². The maximum atomic E-state index is 11.8. The van der Waals surface area contributed by atoms with Crippen molar-refractivity contribution in [2.75, 3.05) is 19.8 Å². The molecule has 8 heteroatoms. The van der Waals surface area contributed by atoms with E-state index >= 15 is 0 Å². The molecule has 1 rings (SSSR count). The summed E-state index contributed by atoms with van der Waals surface area (Å²) < 4.78 is 39.5. The Bertz CT molecular complexity index is 404. The number of aliphatic hydroxyl groups is 1. The summed E-state index contributed by atoms with van der Waals surface area (Å²) in [5.41, 5.74) is -1.26. The van der Waals surface area contributed by atoms with Crippen LogP contribution in [-0.4, -0.2) is 36.9 Å². The smallest absolute Gasteiger partial charge is 0.383 e. The Balaban J connectivity index is 2.30. The van der Waals surface area contributed by atoms with Crippen molar-refractivity contribution in [2.24, 2.45) is 0 Å². The van der Waals surface area contributed by atoms with Crippen LogP contribution in [0, 0.1) is 0 Å². The van der Waals surface area contributed by atoms with Gasteiger partial charge in [-0.15, -0.1) is 11.3 Å². The number of carbonyl (C=O) groups is 1. The van der Waals surface area contributed by atoms with E-state index in [9.17, 15) is 23.1 Å². The van der Waals surface area contributed by atoms with E-state index in [1.165, 1.54) is 18.3 Å². The van der Waals surface area contributed by atoms with Crippen LogP contribution in [0.5, 0.6) is 0 Å². The minimum atomic E-state index is -4.46. The Morgan fingerprint density at radius 1 is 1.53 bits per heavy atom. The number of carbonyl (C=O) groups excluding carboxylic acids is 1. The summed E-state index contributed by atoms with van der Waals surface area (Å²) in [6.07, 6.45) is -4.46. The van der Waals surface area contributed by atoms with Gasteiger partial charge in [-0.3, -0.25) is 4.79 Å². The van der Waals surface area contributed by atoms with Crippen LogP contribution in [-0.2, 0) is 15.1 Å². The van der Waals surface area contributed by atoms with Gasteiger partial charge in [0.05, 0.1) is 6.54 Å². The first kappa shape index (κ1) is 15.9. The van der Waals surface area contributed by atoms with Crippen LogP contribution in [0.15, 0.2) is 17.5 Å². The summed E-state index contributed by atoms with van der Waals surface area (Å²) in [6, 6.07) is 3.46. The van der Waals surface area contributed by atoms with Gasteiger partial charge in [0.15, 0.2) is 0 Å². The molecule has 0 radical (unpaired) electrons. The van der Waals surface area contributed by atoms with Crippen molar-refractivity contribution >= 4 is 17.2 Å². The summed E-state index contributed by atoms with van der Waals surface area (Å²) >= 11 is 1.32. The summed E-state index contributed by atoms with van der Waals surface area (Å²) in [5, 5.41) is 14.2. The molecular weight excluding hydrogens is 283 g/mol. The van der Waals surface area contributed by atoms with Crippen molar-refractivity contribution in [3.05, 3.63) is 22.4 Å². The lowest BCUT2D eigenvalue weighted by Gasteiger charge is -2.22. The van der Waals surface area contributed by atoms with Crippen LogP contribution in [0.4, 0.5) is 13.2 Å². The molecule has 1 aromatic heterocycles. The molecule has 0 aliphatic carbocycles. The summed E-state index contributed by atoms with van der Waals surface area (Å²) in [4.78, 5) is 11.9. The van der Waals surface area contributed by atoms with Gasteiger partial charge in [0, 0.05) is 4.88 Å². The van der Waals surface area contributed by atoms with Crippen LogP contribution >= 0.6 is 11.3 Å². The Labute approximate surface area is 112 Å². The molecule has 0 aromatic carbocycles. The van der Waals surface area contributed by atoms with E-state index in [0.29, 0.717) is 4.88 Å². The third kappa shape index (κ3) is 6.04. The van der Waals surface area contributed by atoms with E-state index in [1.54, 1.807) is 17.5 Å². The number of ether oxygens (including phenoxy) is 1. The fourth-order valence-corrected chi connectivity index (χ4v) is 2.04. The van der Waals surface area contributed by atoms with Crippen molar-refractivity contribution in [1.29, 1.82) is 0 Å². The van der Waals surface area contributed by atoms with Gasteiger partial charge in [-0.25, -0.2) is 0 Å². The Morgan fingerprint density at radius 3 is 2.74 bits per heavy atom. The first-order valence-electron chi connectivity index (χ1n) is 5.38. The van der Waals surface area contributed by atoms with Crippen molar-refractivity contribution in [3.8, 4) is 0 Å².